The van der Waals surface area contributed by atoms with Crippen molar-refractivity contribution in [3.63, 3.8) is 0 Å². The van der Waals surface area contributed by atoms with Gasteiger partial charge in [0.2, 0.25) is 0 Å². The van der Waals surface area contributed by atoms with Gasteiger partial charge in [-0.15, -0.1) is 0 Å². The van der Waals surface area contributed by atoms with E-state index < -0.39 is 0 Å². The van der Waals surface area contributed by atoms with Crippen LogP contribution in [0.5, 0.6) is 0 Å². The van der Waals surface area contributed by atoms with E-state index in [9.17, 15) is 0 Å². The molecule has 0 aliphatic carbocycles. The van der Waals surface area contributed by atoms with Gasteiger partial charge < -0.3 is 10.2 Å². The zero-order valence-corrected chi connectivity index (χ0v) is 14.2. The molecule has 4 heteroatoms. The number of hydrogen-bond donors (Lipinski definition) is 1. The number of nitrogens with one attached hydrogen (secondary N) is 1. The molecular weight excluding hydrogens is 288 g/mol. The third-order valence-electron chi connectivity index (χ3n) is 4.01. The van der Waals surface area contributed by atoms with Gasteiger partial charge in [0, 0.05) is 24.9 Å². The van der Waals surface area contributed by atoms with Gasteiger partial charge in [0.15, 0.2) is 0 Å². The third kappa shape index (κ3) is 3.84. The molecule has 0 spiro atoms. The highest BCUT2D eigenvalue weighted by atomic mass is 35.5. The van der Waals surface area contributed by atoms with Crippen LogP contribution in [0, 0.1) is 0 Å². The molecule has 0 radical (unpaired) electrons. The molecule has 1 aliphatic heterocycles. The van der Waals surface area contributed by atoms with Gasteiger partial charge in [-0.2, -0.15) is 11.8 Å². The van der Waals surface area contributed by atoms with Crippen molar-refractivity contribution in [1.82, 2.24) is 5.32 Å². The summed E-state index contributed by atoms with van der Waals surface area (Å²) in [5.74, 6) is 2.48. The largest absolute Gasteiger partial charge is 0.370 e. The second-order valence-electron chi connectivity index (χ2n) is 5.51. The van der Waals surface area contributed by atoms with E-state index in [2.05, 4.69) is 49.3 Å². The standard InChI is InChI=1S/C16H25ClN2S/c1-4-8-18-12(2)13-5-6-16(15(17)10-13)19(3)14-7-9-20-11-14/h5-6,10,12,14,18H,4,7-9,11H2,1-3H3. The molecule has 1 fully saturated rings. The maximum absolute atomic E-state index is 6.50. The number of benzene rings is 1. The molecule has 1 N–H and O–H groups in total. The fraction of sp³-hybridized carbons (Fsp3) is 0.625. The van der Waals surface area contributed by atoms with E-state index in [1.165, 1.54) is 23.5 Å². The Balaban J connectivity index is 2.08. The van der Waals surface area contributed by atoms with E-state index >= 15 is 0 Å². The predicted molar refractivity (Wildman–Crippen MR) is 92.3 cm³/mol. The fourth-order valence-corrected chi connectivity index (χ4v) is 4.17. The van der Waals surface area contributed by atoms with E-state index in [4.69, 9.17) is 11.6 Å². The fourth-order valence-electron chi connectivity index (χ4n) is 2.58. The van der Waals surface area contributed by atoms with Crippen molar-refractivity contribution >= 4 is 29.1 Å². The first-order valence-corrected chi connectivity index (χ1v) is 9.00. The smallest absolute Gasteiger partial charge is 0.0642 e. The molecule has 0 bridgehead atoms. The lowest BCUT2D eigenvalue weighted by Crippen LogP contribution is -2.31. The van der Waals surface area contributed by atoms with Crippen LogP contribution in [-0.4, -0.2) is 31.1 Å². The topological polar surface area (TPSA) is 15.3 Å². The van der Waals surface area contributed by atoms with Crippen molar-refractivity contribution in [3.8, 4) is 0 Å². The van der Waals surface area contributed by atoms with Crippen molar-refractivity contribution in [2.75, 3.05) is 30.0 Å². The Morgan fingerprint density at radius 3 is 2.90 bits per heavy atom. The predicted octanol–water partition coefficient (Wildman–Crippen LogP) is 4.34. The summed E-state index contributed by atoms with van der Waals surface area (Å²) in [6.45, 7) is 5.42. The lowest BCUT2D eigenvalue weighted by atomic mass is 10.1. The monoisotopic (exact) mass is 312 g/mol. The van der Waals surface area contributed by atoms with E-state index in [1.807, 2.05) is 11.8 Å². The maximum atomic E-state index is 6.50. The Hall–Kier alpha value is -0.380. The van der Waals surface area contributed by atoms with E-state index in [0.717, 1.165) is 23.7 Å². The second kappa shape index (κ2) is 7.58. The zero-order valence-electron chi connectivity index (χ0n) is 12.7. The van der Waals surface area contributed by atoms with Gasteiger partial charge in [-0.05, 0) is 49.8 Å². The average molecular weight is 313 g/mol. The zero-order chi connectivity index (χ0) is 14.5. The molecule has 0 saturated carbocycles. The van der Waals surface area contributed by atoms with Crippen LogP contribution in [-0.2, 0) is 0 Å². The first-order chi connectivity index (χ1) is 9.63. The molecule has 1 aliphatic rings. The first kappa shape index (κ1) is 16.0. The van der Waals surface area contributed by atoms with Crippen molar-refractivity contribution in [1.29, 1.82) is 0 Å². The number of anilines is 1. The highest BCUT2D eigenvalue weighted by Crippen LogP contribution is 2.32. The molecule has 2 nitrogen and oxygen atoms in total. The minimum atomic E-state index is 0.355. The maximum Gasteiger partial charge on any atom is 0.0642 e. The Kier molecular flexibility index (Phi) is 6.06. The lowest BCUT2D eigenvalue weighted by molar-refractivity contribution is 0.570. The van der Waals surface area contributed by atoms with Crippen molar-refractivity contribution in [2.24, 2.45) is 0 Å². The second-order valence-corrected chi connectivity index (χ2v) is 7.07. The lowest BCUT2D eigenvalue weighted by Gasteiger charge is -2.27. The summed E-state index contributed by atoms with van der Waals surface area (Å²) in [7, 11) is 2.16. The molecule has 112 valence electrons. The van der Waals surface area contributed by atoms with Crippen LogP contribution in [0.3, 0.4) is 0 Å². The minimum Gasteiger partial charge on any atom is -0.370 e. The van der Waals surface area contributed by atoms with Gasteiger partial charge in [-0.3, -0.25) is 0 Å². The summed E-state index contributed by atoms with van der Waals surface area (Å²) in [5.41, 5.74) is 2.42. The molecule has 1 aromatic rings. The van der Waals surface area contributed by atoms with Crippen LogP contribution < -0.4 is 10.2 Å². The number of halogens is 1. The van der Waals surface area contributed by atoms with E-state index in [1.54, 1.807) is 0 Å². The molecule has 0 aromatic heterocycles. The van der Waals surface area contributed by atoms with Gasteiger partial charge >= 0.3 is 0 Å². The third-order valence-corrected chi connectivity index (χ3v) is 5.45. The van der Waals surface area contributed by atoms with Crippen molar-refractivity contribution in [3.05, 3.63) is 28.8 Å². The van der Waals surface area contributed by atoms with Crippen LogP contribution in [0.25, 0.3) is 0 Å². The van der Waals surface area contributed by atoms with Gasteiger partial charge in [0.1, 0.15) is 0 Å². The number of thioether (sulfide) groups is 1. The van der Waals surface area contributed by atoms with Crippen LogP contribution in [0.2, 0.25) is 5.02 Å². The number of rotatable bonds is 6. The Morgan fingerprint density at radius 1 is 1.50 bits per heavy atom. The first-order valence-electron chi connectivity index (χ1n) is 7.47. The van der Waals surface area contributed by atoms with Gasteiger partial charge in [0.25, 0.3) is 0 Å². The molecule has 2 atom stereocenters. The Labute approximate surface area is 132 Å². The molecule has 1 heterocycles. The van der Waals surface area contributed by atoms with Gasteiger partial charge in [0.05, 0.1) is 10.7 Å². The molecule has 1 aromatic carbocycles. The van der Waals surface area contributed by atoms with Crippen LogP contribution in [0.1, 0.15) is 38.3 Å². The Morgan fingerprint density at radius 2 is 2.30 bits per heavy atom. The highest BCUT2D eigenvalue weighted by Gasteiger charge is 2.22. The minimum absolute atomic E-state index is 0.355. The molecule has 1 saturated heterocycles. The quantitative estimate of drug-likeness (QED) is 0.841. The van der Waals surface area contributed by atoms with Gasteiger partial charge in [-0.1, -0.05) is 24.6 Å². The van der Waals surface area contributed by atoms with Crippen molar-refractivity contribution in [2.45, 2.75) is 38.8 Å². The van der Waals surface area contributed by atoms with E-state index in [0.29, 0.717) is 12.1 Å². The SMILES string of the molecule is CCCNC(C)c1ccc(N(C)C2CCSC2)c(Cl)c1. The van der Waals surface area contributed by atoms with Crippen LogP contribution in [0.15, 0.2) is 18.2 Å². The van der Waals surface area contributed by atoms with Crippen LogP contribution >= 0.6 is 23.4 Å². The Bertz CT molecular complexity index is 432. The molecule has 2 unspecified atom stereocenters. The summed E-state index contributed by atoms with van der Waals surface area (Å²) in [5, 5.41) is 4.37. The number of nitrogens with zero attached hydrogens (tertiary/aromatic N) is 1. The average Bonchev–Trinajstić information content (AvgIpc) is 2.98. The normalized spacial score (nSPS) is 20.1. The molecular formula is C16H25ClN2S. The van der Waals surface area contributed by atoms with Crippen LogP contribution in [0.4, 0.5) is 5.69 Å². The molecule has 2 rings (SSSR count). The summed E-state index contributed by atoms with van der Waals surface area (Å²) in [6, 6.07) is 7.47. The van der Waals surface area contributed by atoms with Gasteiger partial charge in [-0.25, -0.2) is 0 Å². The van der Waals surface area contributed by atoms with Crippen molar-refractivity contribution < 1.29 is 0 Å². The van der Waals surface area contributed by atoms with E-state index in [-0.39, 0.29) is 0 Å². The molecule has 0 amide bonds. The summed E-state index contributed by atoms with van der Waals surface area (Å²) >= 11 is 8.54. The summed E-state index contributed by atoms with van der Waals surface area (Å²) in [6.07, 6.45) is 2.41. The summed E-state index contributed by atoms with van der Waals surface area (Å²) in [4.78, 5) is 2.34. The summed E-state index contributed by atoms with van der Waals surface area (Å²) < 4.78 is 0. The highest BCUT2D eigenvalue weighted by molar-refractivity contribution is 7.99. The molecule has 20 heavy (non-hydrogen) atoms. The number of hydrogen-bond acceptors (Lipinski definition) is 3.